The highest BCUT2D eigenvalue weighted by atomic mass is 16.3. The molecule has 0 aliphatic heterocycles. The first kappa shape index (κ1) is 12.9. The van der Waals surface area contributed by atoms with Crippen LogP contribution in [-0.2, 0) is 0 Å². The van der Waals surface area contributed by atoms with Crippen molar-refractivity contribution in [3.8, 4) is 0 Å². The number of aliphatic hydroxyl groups excluding tert-OH is 1. The third kappa shape index (κ3) is 4.60. The van der Waals surface area contributed by atoms with Crippen molar-refractivity contribution in [2.45, 2.75) is 31.9 Å². The van der Waals surface area contributed by atoms with Gasteiger partial charge in [-0.25, -0.2) is 0 Å². The fourth-order valence-corrected chi connectivity index (χ4v) is 1.58. The van der Waals surface area contributed by atoms with E-state index in [4.69, 9.17) is 0 Å². The minimum absolute atomic E-state index is 0.277. The van der Waals surface area contributed by atoms with Gasteiger partial charge >= 0.3 is 0 Å². The summed E-state index contributed by atoms with van der Waals surface area (Å²) in [4.78, 5) is 0. The number of rotatable bonds is 7. The molecule has 2 nitrogen and oxygen atoms in total. The molecular formula is C14H21NO. The number of hydrogen-bond donors (Lipinski definition) is 2. The standard InChI is InChI=1S/C14H21NO/c1-3-4-10-14(16)11-15-12(2)13-8-6-5-7-9-13/h3,5-9,12,14-16H,1,4,10-11H2,2H3. The first-order valence-electron chi connectivity index (χ1n) is 5.81. The van der Waals surface area contributed by atoms with Crippen molar-refractivity contribution in [2.75, 3.05) is 6.54 Å². The second-order valence-corrected chi connectivity index (χ2v) is 4.06. The van der Waals surface area contributed by atoms with E-state index >= 15 is 0 Å². The van der Waals surface area contributed by atoms with Gasteiger partial charge in [0.2, 0.25) is 0 Å². The highest BCUT2D eigenvalue weighted by molar-refractivity contribution is 5.17. The van der Waals surface area contributed by atoms with Crippen LogP contribution in [0.25, 0.3) is 0 Å². The van der Waals surface area contributed by atoms with Crippen LogP contribution in [0.2, 0.25) is 0 Å². The molecule has 1 aromatic rings. The highest BCUT2D eigenvalue weighted by Gasteiger charge is 2.07. The molecule has 0 bridgehead atoms. The molecule has 0 saturated heterocycles. The molecule has 0 spiro atoms. The van der Waals surface area contributed by atoms with Crippen LogP contribution >= 0.6 is 0 Å². The predicted molar refractivity (Wildman–Crippen MR) is 68.3 cm³/mol. The molecule has 0 radical (unpaired) electrons. The Hall–Kier alpha value is -1.12. The Kier molecular flexibility index (Phi) is 5.83. The molecule has 0 amide bonds. The second-order valence-electron chi connectivity index (χ2n) is 4.06. The predicted octanol–water partition coefficient (Wildman–Crippen LogP) is 2.66. The minimum atomic E-state index is -0.288. The maximum absolute atomic E-state index is 9.67. The molecule has 0 fully saturated rings. The van der Waals surface area contributed by atoms with Gasteiger partial charge in [0.25, 0.3) is 0 Å². The molecule has 0 aliphatic carbocycles. The van der Waals surface area contributed by atoms with Crippen LogP contribution in [0.5, 0.6) is 0 Å². The lowest BCUT2D eigenvalue weighted by Crippen LogP contribution is -2.28. The third-order valence-electron chi connectivity index (χ3n) is 2.66. The lowest BCUT2D eigenvalue weighted by atomic mass is 10.1. The summed E-state index contributed by atoms with van der Waals surface area (Å²) in [6.07, 6.45) is 3.19. The number of aliphatic hydroxyl groups is 1. The Labute approximate surface area is 98.0 Å². The van der Waals surface area contributed by atoms with Crippen molar-refractivity contribution in [3.63, 3.8) is 0 Å². The molecule has 0 saturated carbocycles. The fourth-order valence-electron chi connectivity index (χ4n) is 1.58. The van der Waals surface area contributed by atoms with Gasteiger partial charge in [-0.2, -0.15) is 0 Å². The molecule has 1 aromatic carbocycles. The van der Waals surface area contributed by atoms with Gasteiger partial charge < -0.3 is 10.4 Å². The van der Waals surface area contributed by atoms with E-state index in [0.29, 0.717) is 6.54 Å². The van der Waals surface area contributed by atoms with E-state index in [9.17, 15) is 5.11 Å². The normalized spacial score (nSPS) is 14.4. The largest absolute Gasteiger partial charge is 0.392 e. The van der Waals surface area contributed by atoms with Gasteiger partial charge in [-0.05, 0) is 25.3 Å². The van der Waals surface area contributed by atoms with E-state index in [1.807, 2.05) is 24.3 Å². The maximum atomic E-state index is 9.67. The Bertz CT molecular complexity index is 297. The zero-order valence-corrected chi connectivity index (χ0v) is 9.89. The number of hydrogen-bond acceptors (Lipinski definition) is 2. The van der Waals surface area contributed by atoms with Crippen LogP contribution in [0, 0.1) is 0 Å². The number of allylic oxidation sites excluding steroid dienone is 1. The number of benzene rings is 1. The molecule has 1 rings (SSSR count). The van der Waals surface area contributed by atoms with Gasteiger partial charge in [-0.15, -0.1) is 6.58 Å². The van der Waals surface area contributed by atoms with E-state index in [2.05, 4.69) is 31.0 Å². The van der Waals surface area contributed by atoms with Crippen LogP contribution in [-0.4, -0.2) is 17.8 Å². The molecule has 0 aliphatic rings. The molecule has 2 heteroatoms. The van der Waals surface area contributed by atoms with Crippen molar-refractivity contribution in [3.05, 3.63) is 48.6 Å². The van der Waals surface area contributed by atoms with Gasteiger partial charge in [0.15, 0.2) is 0 Å². The molecule has 0 heterocycles. The zero-order valence-electron chi connectivity index (χ0n) is 9.89. The van der Waals surface area contributed by atoms with Crippen molar-refractivity contribution in [1.29, 1.82) is 0 Å². The molecular weight excluding hydrogens is 198 g/mol. The van der Waals surface area contributed by atoms with Crippen LogP contribution in [0.3, 0.4) is 0 Å². The summed E-state index contributed by atoms with van der Waals surface area (Å²) in [6.45, 7) is 6.38. The molecule has 2 N–H and O–H groups in total. The van der Waals surface area contributed by atoms with Crippen LogP contribution < -0.4 is 5.32 Å². The smallest absolute Gasteiger partial charge is 0.0667 e. The van der Waals surface area contributed by atoms with Gasteiger partial charge in [-0.1, -0.05) is 36.4 Å². The number of nitrogens with one attached hydrogen (secondary N) is 1. The maximum Gasteiger partial charge on any atom is 0.0667 e. The fraction of sp³-hybridized carbons (Fsp3) is 0.429. The quantitative estimate of drug-likeness (QED) is 0.691. The second kappa shape index (κ2) is 7.20. The highest BCUT2D eigenvalue weighted by Crippen LogP contribution is 2.11. The van der Waals surface area contributed by atoms with Crippen LogP contribution in [0.1, 0.15) is 31.4 Å². The molecule has 16 heavy (non-hydrogen) atoms. The summed E-state index contributed by atoms with van der Waals surface area (Å²) in [5.41, 5.74) is 1.25. The minimum Gasteiger partial charge on any atom is -0.392 e. The summed E-state index contributed by atoms with van der Waals surface area (Å²) in [5, 5.41) is 13.0. The molecule has 88 valence electrons. The monoisotopic (exact) mass is 219 g/mol. The lowest BCUT2D eigenvalue weighted by Gasteiger charge is -2.17. The van der Waals surface area contributed by atoms with E-state index in [-0.39, 0.29) is 12.1 Å². The van der Waals surface area contributed by atoms with E-state index in [1.54, 1.807) is 0 Å². The summed E-state index contributed by atoms with van der Waals surface area (Å²) in [7, 11) is 0. The van der Waals surface area contributed by atoms with Crippen LogP contribution in [0.15, 0.2) is 43.0 Å². The third-order valence-corrected chi connectivity index (χ3v) is 2.66. The van der Waals surface area contributed by atoms with E-state index in [1.165, 1.54) is 5.56 Å². The lowest BCUT2D eigenvalue weighted by molar-refractivity contribution is 0.159. The topological polar surface area (TPSA) is 32.3 Å². The average Bonchev–Trinajstić information content (AvgIpc) is 2.34. The first-order valence-corrected chi connectivity index (χ1v) is 5.81. The summed E-state index contributed by atoms with van der Waals surface area (Å²) in [5.74, 6) is 0. The van der Waals surface area contributed by atoms with Gasteiger partial charge in [-0.3, -0.25) is 0 Å². The van der Waals surface area contributed by atoms with E-state index in [0.717, 1.165) is 12.8 Å². The van der Waals surface area contributed by atoms with Gasteiger partial charge in [0.05, 0.1) is 6.10 Å². The molecule has 2 unspecified atom stereocenters. The zero-order chi connectivity index (χ0) is 11.8. The van der Waals surface area contributed by atoms with Crippen molar-refractivity contribution in [2.24, 2.45) is 0 Å². The summed E-state index contributed by atoms with van der Waals surface area (Å²) < 4.78 is 0. The molecule has 2 atom stereocenters. The Morgan fingerprint density at radius 2 is 2.06 bits per heavy atom. The van der Waals surface area contributed by atoms with Crippen molar-refractivity contribution >= 4 is 0 Å². The van der Waals surface area contributed by atoms with Crippen molar-refractivity contribution in [1.82, 2.24) is 5.32 Å². The summed E-state index contributed by atoms with van der Waals surface area (Å²) in [6, 6.07) is 10.5. The Morgan fingerprint density at radius 1 is 1.38 bits per heavy atom. The SMILES string of the molecule is C=CCCC(O)CNC(C)c1ccccc1. The first-order chi connectivity index (χ1) is 7.74. The van der Waals surface area contributed by atoms with E-state index < -0.39 is 0 Å². The van der Waals surface area contributed by atoms with Crippen LogP contribution in [0.4, 0.5) is 0 Å². The summed E-state index contributed by atoms with van der Waals surface area (Å²) >= 11 is 0. The van der Waals surface area contributed by atoms with Gasteiger partial charge in [0, 0.05) is 12.6 Å². The van der Waals surface area contributed by atoms with Gasteiger partial charge in [0.1, 0.15) is 0 Å². The Morgan fingerprint density at radius 3 is 2.69 bits per heavy atom. The van der Waals surface area contributed by atoms with Crippen molar-refractivity contribution < 1.29 is 5.11 Å². The Balaban J connectivity index is 2.30. The average molecular weight is 219 g/mol. The molecule has 0 aromatic heterocycles.